The van der Waals surface area contributed by atoms with Crippen molar-refractivity contribution in [3.63, 3.8) is 0 Å². The Morgan fingerprint density at radius 1 is 1.23 bits per heavy atom. The van der Waals surface area contributed by atoms with Crippen molar-refractivity contribution in [2.75, 3.05) is 33.2 Å². The predicted octanol–water partition coefficient (Wildman–Crippen LogP) is 3.98. The summed E-state index contributed by atoms with van der Waals surface area (Å²) in [5.41, 5.74) is 0.939. The highest BCUT2D eigenvalue weighted by molar-refractivity contribution is 14.0. The summed E-state index contributed by atoms with van der Waals surface area (Å²) >= 11 is 6.03. The van der Waals surface area contributed by atoms with Crippen molar-refractivity contribution < 1.29 is 4.52 Å². The summed E-state index contributed by atoms with van der Waals surface area (Å²) in [4.78, 5) is 11.3. The highest BCUT2D eigenvalue weighted by atomic mass is 127. The molecule has 30 heavy (non-hydrogen) atoms. The van der Waals surface area contributed by atoms with Gasteiger partial charge in [0.2, 0.25) is 11.7 Å². The van der Waals surface area contributed by atoms with Gasteiger partial charge < -0.3 is 15.2 Å². The lowest BCUT2D eigenvalue weighted by Gasteiger charge is -2.41. The smallest absolute Gasteiger partial charge is 0.228 e. The van der Waals surface area contributed by atoms with Crippen molar-refractivity contribution in [3.05, 3.63) is 35.2 Å². The summed E-state index contributed by atoms with van der Waals surface area (Å²) in [6.45, 7) is 8.41. The van der Waals surface area contributed by atoms with Crippen LogP contribution < -0.4 is 10.6 Å². The molecular weight excluding hydrogens is 515 g/mol. The summed E-state index contributed by atoms with van der Waals surface area (Å²) in [6, 6.07) is 7.43. The second-order valence-corrected chi connectivity index (χ2v) is 8.42. The topological polar surface area (TPSA) is 78.6 Å². The highest BCUT2D eigenvalue weighted by Crippen LogP contribution is 2.20. The van der Waals surface area contributed by atoms with Gasteiger partial charge in [0.15, 0.2) is 5.96 Å². The molecule has 1 aliphatic rings. The average Bonchev–Trinajstić information content (AvgIpc) is 3.20. The number of halogens is 2. The number of rotatable bonds is 7. The van der Waals surface area contributed by atoms with Gasteiger partial charge >= 0.3 is 0 Å². The lowest BCUT2D eigenvalue weighted by Crippen LogP contribution is -2.55. The van der Waals surface area contributed by atoms with Gasteiger partial charge in [0, 0.05) is 42.7 Å². The van der Waals surface area contributed by atoms with E-state index in [1.54, 1.807) is 7.05 Å². The molecule has 1 saturated heterocycles. The minimum atomic E-state index is 0. The fourth-order valence-electron chi connectivity index (χ4n) is 3.52. The number of likely N-dealkylation sites (tertiary alicyclic amines) is 1. The summed E-state index contributed by atoms with van der Waals surface area (Å²) in [5.74, 6) is 1.91. The molecule has 0 atom stereocenters. The fourth-order valence-corrected chi connectivity index (χ4v) is 3.71. The van der Waals surface area contributed by atoms with Gasteiger partial charge in [-0.25, -0.2) is 0 Å². The Hall–Kier alpha value is -1.39. The number of hydrogen-bond donors (Lipinski definition) is 2. The molecule has 1 aromatic heterocycles. The zero-order valence-electron chi connectivity index (χ0n) is 17.9. The molecule has 1 aromatic carbocycles. The number of nitrogens with zero attached hydrogens (tertiary/aromatic N) is 4. The van der Waals surface area contributed by atoms with Gasteiger partial charge in [0.1, 0.15) is 0 Å². The van der Waals surface area contributed by atoms with Crippen molar-refractivity contribution in [3.8, 4) is 11.4 Å². The Labute approximate surface area is 201 Å². The van der Waals surface area contributed by atoms with Crippen molar-refractivity contribution in [1.29, 1.82) is 0 Å². The van der Waals surface area contributed by atoms with E-state index in [0.717, 1.165) is 18.1 Å². The van der Waals surface area contributed by atoms with Crippen LogP contribution in [0.2, 0.25) is 5.02 Å². The van der Waals surface area contributed by atoms with E-state index in [2.05, 4.69) is 44.5 Å². The maximum absolute atomic E-state index is 6.03. The second-order valence-electron chi connectivity index (χ2n) is 7.98. The first-order valence-corrected chi connectivity index (χ1v) is 10.6. The third kappa shape index (κ3) is 7.09. The molecule has 2 heterocycles. The lowest BCUT2D eigenvalue weighted by atomic mass is 9.98. The van der Waals surface area contributed by atoms with Crippen LogP contribution in [0.5, 0.6) is 0 Å². The maximum atomic E-state index is 6.03. The highest BCUT2D eigenvalue weighted by Gasteiger charge is 2.27. The average molecular weight is 547 g/mol. The Morgan fingerprint density at radius 2 is 2.00 bits per heavy atom. The summed E-state index contributed by atoms with van der Waals surface area (Å²) in [7, 11) is 1.78. The quantitative estimate of drug-likeness (QED) is 0.311. The van der Waals surface area contributed by atoms with E-state index in [1.165, 1.54) is 32.4 Å². The van der Waals surface area contributed by atoms with Gasteiger partial charge in [-0.05, 0) is 51.9 Å². The van der Waals surface area contributed by atoms with Crippen LogP contribution in [0.25, 0.3) is 11.4 Å². The molecule has 0 spiro atoms. The monoisotopic (exact) mass is 546 g/mol. The molecule has 1 aliphatic heterocycles. The number of piperidine rings is 1. The van der Waals surface area contributed by atoms with E-state index in [1.807, 2.05) is 24.3 Å². The zero-order valence-corrected chi connectivity index (χ0v) is 21.0. The van der Waals surface area contributed by atoms with Gasteiger partial charge in [0.05, 0.1) is 0 Å². The van der Waals surface area contributed by atoms with Gasteiger partial charge in [-0.15, -0.1) is 24.0 Å². The number of guanidine groups is 1. The Bertz CT molecular complexity index is 819. The summed E-state index contributed by atoms with van der Waals surface area (Å²) in [6.07, 6.45) is 4.54. The van der Waals surface area contributed by atoms with E-state index in [0.29, 0.717) is 29.7 Å². The van der Waals surface area contributed by atoms with Gasteiger partial charge in [-0.1, -0.05) is 35.3 Å². The van der Waals surface area contributed by atoms with Crippen molar-refractivity contribution >= 4 is 41.5 Å². The van der Waals surface area contributed by atoms with Crippen LogP contribution >= 0.6 is 35.6 Å². The van der Waals surface area contributed by atoms with Crippen LogP contribution in [0.4, 0.5) is 0 Å². The minimum Gasteiger partial charge on any atom is -0.356 e. The molecule has 0 radical (unpaired) electrons. The number of aliphatic imine (C=N–C) groups is 1. The van der Waals surface area contributed by atoms with E-state index < -0.39 is 0 Å². The molecule has 0 aliphatic carbocycles. The molecule has 166 valence electrons. The third-order valence-corrected chi connectivity index (χ3v) is 5.54. The van der Waals surface area contributed by atoms with E-state index in [-0.39, 0.29) is 29.5 Å². The lowest BCUT2D eigenvalue weighted by molar-refractivity contribution is 0.0982. The SMILES string of the molecule is CN=C(NCCc1nc(-c2cccc(Cl)c2)no1)NCC(C)(C)N1CCCCC1.I. The molecule has 0 bridgehead atoms. The van der Waals surface area contributed by atoms with E-state index in [4.69, 9.17) is 16.1 Å². The third-order valence-electron chi connectivity index (χ3n) is 5.31. The first kappa shape index (κ1) is 24.9. The van der Waals surface area contributed by atoms with Crippen LogP contribution in [-0.2, 0) is 6.42 Å². The zero-order chi connectivity index (χ0) is 20.7. The Balaban J connectivity index is 0.00000320. The Kier molecular flexibility index (Phi) is 9.83. The minimum absolute atomic E-state index is 0. The molecule has 0 unspecified atom stereocenters. The largest absolute Gasteiger partial charge is 0.356 e. The molecule has 0 amide bonds. The van der Waals surface area contributed by atoms with E-state index >= 15 is 0 Å². The van der Waals surface area contributed by atoms with Crippen molar-refractivity contribution in [1.82, 2.24) is 25.7 Å². The van der Waals surface area contributed by atoms with E-state index in [9.17, 15) is 0 Å². The summed E-state index contributed by atoms with van der Waals surface area (Å²) < 4.78 is 5.36. The van der Waals surface area contributed by atoms with Crippen LogP contribution in [-0.4, -0.2) is 59.8 Å². The standard InChI is InChI=1S/C21H31ClN6O.HI/c1-21(2,28-12-5-4-6-13-28)15-25-20(23-3)24-11-10-18-26-19(27-29-18)16-8-7-9-17(22)14-16;/h7-9,14H,4-6,10-13,15H2,1-3H3,(H2,23,24,25);1H. The predicted molar refractivity (Wildman–Crippen MR) is 133 cm³/mol. The maximum Gasteiger partial charge on any atom is 0.228 e. The molecule has 9 heteroatoms. The molecule has 3 rings (SSSR count). The second kappa shape index (κ2) is 11.9. The molecular formula is C21H32ClIN6O. The van der Waals surface area contributed by atoms with Crippen molar-refractivity contribution in [2.24, 2.45) is 4.99 Å². The van der Waals surface area contributed by atoms with Gasteiger partial charge in [-0.3, -0.25) is 9.89 Å². The fraction of sp³-hybridized carbons (Fsp3) is 0.571. The van der Waals surface area contributed by atoms with Crippen LogP contribution in [0, 0.1) is 0 Å². The number of benzene rings is 1. The van der Waals surface area contributed by atoms with Crippen molar-refractivity contribution in [2.45, 2.75) is 45.1 Å². The number of aromatic nitrogens is 2. The Morgan fingerprint density at radius 3 is 2.70 bits per heavy atom. The number of hydrogen-bond acceptors (Lipinski definition) is 5. The summed E-state index contributed by atoms with van der Waals surface area (Å²) in [5, 5.41) is 11.5. The first-order chi connectivity index (χ1) is 14.0. The first-order valence-electron chi connectivity index (χ1n) is 10.3. The van der Waals surface area contributed by atoms with Crippen LogP contribution in [0.15, 0.2) is 33.8 Å². The molecule has 1 fully saturated rings. The normalized spacial score (nSPS) is 15.5. The van der Waals surface area contributed by atoms with Gasteiger partial charge in [-0.2, -0.15) is 4.98 Å². The molecule has 7 nitrogen and oxygen atoms in total. The van der Waals surface area contributed by atoms with Gasteiger partial charge in [0.25, 0.3) is 0 Å². The molecule has 0 saturated carbocycles. The number of nitrogens with one attached hydrogen (secondary N) is 2. The molecule has 2 N–H and O–H groups in total. The molecule has 2 aromatic rings. The van der Waals surface area contributed by atoms with Crippen LogP contribution in [0.3, 0.4) is 0 Å². The van der Waals surface area contributed by atoms with Crippen LogP contribution in [0.1, 0.15) is 39.0 Å².